The number of rotatable bonds is 4. The molecule has 0 N–H and O–H groups in total. The Labute approximate surface area is 109 Å². The van der Waals surface area contributed by atoms with Gasteiger partial charge in [0.25, 0.3) is 0 Å². The first-order valence-electron chi connectivity index (χ1n) is 6.64. The molecule has 1 aromatic carbocycles. The maximum absolute atomic E-state index is 5.85. The van der Waals surface area contributed by atoms with Crippen LogP contribution in [0.4, 0.5) is 0 Å². The number of ether oxygens (including phenoxy) is 1. The Hall–Kier alpha value is -1.57. The van der Waals surface area contributed by atoms with Gasteiger partial charge in [-0.15, -0.1) is 0 Å². The van der Waals surface area contributed by atoms with E-state index in [-0.39, 0.29) is 0 Å². The van der Waals surface area contributed by atoms with Crippen LogP contribution in [0.3, 0.4) is 0 Å². The molecule has 2 rings (SSSR count). The lowest BCUT2D eigenvalue weighted by atomic mass is 10.2. The normalized spacial score (nSPS) is 11.4. The van der Waals surface area contributed by atoms with Crippen LogP contribution in [0.25, 0.3) is 10.9 Å². The molecule has 96 valence electrons. The fourth-order valence-corrected chi connectivity index (χ4v) is 2.01. The Morgan fingerprint density at radius 1 is 1.11 bits per heavy atom. The lowest BCUT2D eigenvalue weighted by Crippen LogP contribution is -2.36. The molecule has 0 spiro atoms. The molecule has 0 saturated carbocycles. The van der Waals surface area contributed by atoms with Crippen molar-refractivity contribution >= 4 is 10.9 Å². The largest absolute Gasteiger partial charge is 0.487 e. The van der Waals surface area contributed by atoms with E-state index in [0.29, 0.717) is 12.0 Å². The first-order valence-corrected chi connectivity index (χ1v) is 6.64. The van der Waals surface area contributed by atoms with E-state index in [1.807, 2.05) is 0 Å². The molecule has 0 atom stereocenters. The van der Waals surface area contributed by atoms with Gasteiger partial charge in [0.05, 0.1) is 12.0 Å². The van der Waals surface area contributed by atoms with Gasteiger partial charge in [-0.25, -0.2) is 0 Å². The van der Waals surface area contributed by atoms with Gasteiger partial charge in [0, 0.05) is 12.1 Å². The second kappa shape index (κ2) is 5.38. The summed E-state index contributed by atoms with van der Waals surface area (Å²) < 4.78 is 8.11. The van der Waals surface area contributed by atoms with Crippen molar-refractivity contribution in [1.82, 2.24) is 0 Å². The van der Waals surface area contributed by atoms with Crippen LogP contribution >= 0.6 is 0 Å². The van der Waals surface area contributed by atoms with E-state index in [1.165, 1.54) is 10.9 Å². The van der Waals surface area contributed by atoms with E-state index < -0.39 is 0 Å². The summed E-state index contributed by atoms with van der Waals surface area (Å²) in [4.78, 5) is 0. The van der Waals surface area contributed by atoms with Crippen LogP contribution in [0.1, 0.15) is 33.7 Å². The Morgan fingerprint density at radius 2 is 1.83 bits per heavy atom. The van der Waals surface area contributed by atoms with Crippen molar-refractivity contribution in [1.29, 1.82) is 0 Å². The van der Waals surface area contributed by atoms with Gasteiger partial charge < -0.3 is 4.74 Å². The van der Waals surface area contributed by atoms with Crippen molar-refractivity contribution in [2.75, 3.05) is 6.61 Å². The minimum Gasteiger partial charge on any atom is -0.487 e. The molecule has 2 heteroatoms. The summed E-state index contributed by atoms with van der Waals surface area (Å²) in [5.41, 5.74) is 1.25. The van der Waals surface area contributed by atoms with Crippen molar-refractivity contribution in [3.8, 4) is 5.75 Å². The molecule has 0 fully saturated rings. The van der Waals surface area contributed by atoms with E-state index >= 15 is 0 Å². The SMILES string of the molecule is CC(C)COc1cc2ccccc2[n+](C(C)C)c1. The Bertz CT molecular complexity index is 532. The Kier molecular flexibility index (Phi) is 3.85. The molecule has 0 bridgehead atoms. The Balaban J connectivity index is 2.44. The highest BCUT2D eigenvalue weighted by Gasteiger charge is 2.15. The quantitative estimate of drug-likeness (QED) is 0.747. The fourth-order valence-electron chi connectivity index (χ4n) is 2.01. The molecule has 2 nitrogen and oxygen atoms in total. The van der Waals surface area contributed by atoms with Gasteiger partial charge in [0.15, 0.2) is 11.8 Å². The standard InChI is InChI=1S/C16H22NO/c1-12(2)11-18-15-9-14-7-5-6-8-16(14)17(10-15)13(3)4/h5-10,12-13H,11H2,1-4H3/q+1. The van der Waals surface area contributed by atoms with Crippen LogP contribution in [-0.2, 0) is 0 Å². The van der Waals surface area contributed by atoms with Crippen molar-refractivity contribution in [3.63, 3.8) is 0 Å². The van der Waals surface area contributed by atoms with Gasteiger partial charge in [-0.2, -0.15) is 4.57 Å². The zero-order chi connectivity index (χ0) is 13.1. The molecule has 0 aliphatic rings. The summed E-state index contributed by atoms with van der Waals surface area (Å²) in [7, 11) is 0. The predicted octanol–water partition coefficient (Wildman–Crippen LogP) is 3.74. The molecule has 0 aliphatic carbocycles. The smallest absolute Gasteiger partial charge is 0.212 e. The van der Waals surface area contributed by atoms with E-state index in [4.69, 9.17) is 4.74 Å². The van der Waals surface area contributed by atoms with Crippen LogP contribution in [0.5, 0.6) is 5.75 Å². The number of hydrogen-bond donors (Lipinski definition) is 0. The van der Waals surface area contributed by atoms with Crippen molar-refractivity contribution in [2.24, 2.45) is 5.92 Å². The first kappa shape index (κ1) is 12.9. The summed E-state index contributed by atoms with van der Waals surface area (Å²) in [5.74, 6) is 1.50. The number of nitrogens with zero attached hydrogens (tertiary/aromatic N) is 1. The summed E-state index contributed by atoms with van der Waals surface area (Å²) >= 11 is 0. The molecule has 1 aromatic heterocycles. The number of benzene rings is 1. The average Bonchev–Trinajstić information content (AvgIpc) is 2.35. The summed E-state index contributed by atoms with van der Waals surface area (Å²) in [5, 5.41) is 1.23. The number of pyridine rings is 1. The summed E-state index contributed by atoms with van der Waals surface area (Å²) in [6, 6.07) is 11.0. The molecule has 0 unspecified atom stereocenters. The van der Waals surface area contributed by atoms with E-state index in [0.717, 1.165) is 12.4 Å². The van der Waals surface area contributed by atoms with Crippen LogP contribution in [0.2, 0.25) is 0 Å². The van der Waals surface area contributed by atoms with E-state index in [9.17, 15) is 0 Å². The van der Waals surface area contributed by atoms with Crippen LogP contribution < -0.4 is 9.30 Å². The molecule has 1 heterocycles. The fraction of sp³-hybridized carbons (Fsp3) is 0.438. The van der Waals surface area contributed by atoms with E-state index in [1.54, 1.807) is 0 Å². The minimum atomic E-state index is 0.428. The van der Waals surface area contributed by atoms with Gasteiger partial charge in [-0.3, -0.25) is 0 Å². The highest BCUT2D eigenvalue weighted by Crippen LogP contribution is 2.18. The van der Waals surface area contributed by atoms with Gasteiger partial charge in [-0.05, 0) is 25.8 Å². The summed E-state index contributed by atoms with van der Waals surface area (Å²) in [6.07, 6.45) is 2.11. The third-order valence-electron chi connectivity index (χ3n) is 2.92. The molecule has 2 aromatic rings. The number of fused-ring (bicyclic) bond motifs is 1. The van der Waals surface area contributed by atoms with Gasteiger partial charge in [0.2, 0.25) is 11.7 Å². The zero-order valence-corrected chi connectivity index (χ0v) is 11.7. The second-order valence-electron chi connectivity index (χ2n) is 5.44. The number of aromatic nitrogens is 1. The minimum absolute atomic E-state index is 0.428. The molecular formula is C16H22NO+. The van der Waals surface area contributed by atoms with Crippen LogP contribution in [-0.4, -0.2) is 6.61 Å². The maximum atomic E-state index is 5.85. The Morgan fingerprint density at radius 3 is 2.50 bits per heavy atom. The van der Waals surface area contributed by atoms with E-state index in [2.05, 4.69) is 68.8 Å². The van der Waals surface area contributed by atoms with Gasteiger partial charge >= 0.3 is 0 Å². The monoisotopic (exact) mass is 244 g/mol. The second-order valence-corrected chi connectivity index (χ2v) is 5.44. The molecule has 0 aliphatic heterocycles. The van der Waals surface area contributed by atoms with Gasteiger partial charge in [-0.1, -0.05) is 26.0 Å². The third-order valence-corrected chi connectivity index (χ3v) is 2.92. The average molecular weight is 244 g/mol. The topological polar surface area (TPSA) is 13.1 Å². The van der Waals surface area contributed by atoms with Crippen molar-refractivity contribution in [3.05, 3.63) is 36.5 Å². The highest BCUT2D eigenvalue weighted by atomic mass is 16.5. The van der Waals surface area contributed by atoms with Crippen LogP contribution in [0.15, 0.2) is 36.5 Å². The van der Waals surface area contributed by atoms with Crippen LogP contribution in [0, 0.1) is 5.92 Å². The predicted molar refractivity (Wildman–Crippen MR) is 74.9 cm³/mol. The molecular weight excluding hydrogens is 222 g/mol. The molecule has 18 heavy (non-hydrogen) atoms. The maximum Gasteiger partial charge on any atom is 0.212 e. The molecule has 0 amide bonds. The number of hydrogen-bond acceptors (Lipinski definition) is 1. The molecule has 0 saturated heterocycles. The zero-order valence-electron chi connectivity index (χ0n) is 11.7. The summed E-state index contributed by atoms with van der Waals surface area (Å²) in [6.45, 7) is 9.48. The lowest BCUT2D eigenvalue weighted by Gasteiger charge is -2.10. The highest BCUT2D eigenvalue weighted by molar-refractivity contribution is 5.76. The van der Waals surface area contributed by atoms with Crippen molar-refractivity contribution < 1.29 is 9.30 Å². The first-order chi connectivity index (χ1) is 8.58. The van der Waals surface area contributed by atoms with Crippen molar-refractivity contribution in [2.45, 2.75) is 33.7 Å². The molecule has 0 radical (unpaired) electrons. The number of para-hydroxylation sites is 1. The van der Waals surface area contributed by atoms with Gasteiger partial charge in [0.1, 0.15) is 0 Å². The third kappa shape index (κ3) is 2.81. The lowest BCUT2D eigenvalue weighted by molar-refractivity contribution is -0.691.